The highest BCUT2D eigenvalue weighted by Gasteiger charge is 2.34. The molecule has 1 aliphatic rings. The van der Waals surface area contributed by atoms with Gasteiger partial charge < -0.3 is 5.32 Å². The first-order valence-corrected chi connectivity index (χ1v) is 7.31. The highest BCUT2D eigenvalue weighted by atomic mass is 15.2. The van der Waals surface area contributed by atoms with Gasteiger partial charge in [0.1, 0.15) is 0 Å². The molecule has 0 aromatic rings. The van der Waals surface area contributed by atoms with Gasteiger partial charge in [0.25, 0.3) is 0 Å². The Morgan fingerprint density at radius 1 is 1.12 bits per heavy atom. The Morgan fingerprint density at radius 3 is 2.18 bits per heavy atom. The maximum absolute atomic E-state index is 3.65. The average Bonchev–Trinajstić information content (AvgIpc) is 2.73. The van der Waals surface area contributed by atoms with E-state index in [9.17, 15) is 0 Å². The lowest BCUT2D eigenvalue weighted by Gasteiger charge is -2.38. The van der Waals surface area contributed by atoms with E-state index in [0.29, 0.717) is 5.54 Å². The zero-order valence-corrected chi connectivity index (χ0v) is 12.8. The fourth-order valence-corrected chi connectivity index (χ4v) is 2.64. The highest BCUT2D eigenvalue weighted by Crippen LogP contribution is 2.29. The number of rotatable bonds is 5. The molecule has 0 aromatic carbocycles. The zero-order chi connectivity index (χ0) is 13.1. The summed E-state index contributed by atoms with van der Waals surface area (Å²) in [5.41, 5.74) is 0.683. The van der Waals surface area contributed by atoms with Crippen LogP contribution in [-0.4, -0.2) is 35.6 Å². The molecule has 1 unspecified atom stereocenters. The van der Waals surface area contributed by atoms with Crippen molar-refractivity contribution in [1.82, 2.24) is 10.2 Å². The summed E-state index contributed by atoms with van der Waals surface area (Å²) in [6.45, 7) is 17.6. The molecule has 0 aromatic heterocycles. The van der Waals surface area contributed by atoms with E-state index in [1.54, 1.807) is 0 Å². The molecule has 1 heterocycles. The Bertz CT molecular complexity index is 226. The van der Waals surface area contributed by atoms with Crippen LogP contribution in [0.4, 0.5) is 0 Å². The lowest BCUT2D eigenvalue weighted by atomic mass is 9.93. The van der Waals surface area contributed by atoms with Crippen LogP contribution in [0.2, 0.25) is 0 Å². The van der Waals surface area contributed by atoms with E-state index < -0.39 is 0 Å². The van der Waals surface area contributed by atoms with Crippen LogP contribution in [0.15, 0.2) is 0 Å². The lowest BCUT2D eigenvalue weighted by molar-refractivity contribution is 0.119. The average molecular weight is 240 g/mol. The minimum atomic E-state index is 0.256. The summed E-state index contributed by atoms with van der Waals surface area (Å²) >= 11 is 0. The van der Waals surface area contributed by atoms with Gasteiger partial charge in [-0.05, 0) is 66.0 Å². The second kappa shape index (κ2) is 5.71. The van der Waals surface area contributed by atoms with E-state index in [0.717, 1.165) is 5.92 Å². The molecule has 0 radical (unpaired) electrons. The third-order valence-corrected chi connectivity index (χ3v) is 4.49. The zero-order valence-electron chi connectivity index (χ0n) is 12.8. The molecule has 1 N–H and O–H groups in total. The molecule has 0 bridgehead atoms. The molecule has 0 aliphatic carbocycles. The Kier molecular flexibility index (Phi) is 5.03. The Morgan fingerprint density at radius 2 is 1.71 bits per heavy atom. The molecule has 0 saturated carbocycles. The maximum Gasteiger partial charge on any atom is 0.0176 e. The van der Waals surface area contributed by atoms with Gasteiger partial charge in [0, 0.05) is 17.6 Å². The number of nitrogens with one attached hydrogen (secondary N) is 1. The van der Waals surface area contributed by atoms with Gasteiger partial charge in [-0.2, -0.15) is 0 Å². The third-order valence-electron chi connectivity index (χ3n) is 4.49. The summed E-state index contributed by atoms with van der Waals surface area (Å²) in [6.07, 6.45) is 3.89. The van der Waals surface area contributed by atoms with Crippen molar-refractivity contribution in [1.29, 1.82) is 0 Å². The molecular weight excluding hydrogens is 208 g/mol. The first-order valence-electron chi connectivity index (χ1n) is 7.31. The summed E-state index contributed by atoms with van der Waals surface area (Å²) in [5, 5.41) is 3.65. The van der Waals surface area contributed by atoms with E-state index in [1.807, 2.05) is 0 Å². The second-order valence-corrected chi connectivity index (χ2v) is 6.94. The van der Waals surface area contributed by atoms with Crippen molar-refractivity contribution in [2.45, 2.75) is 71.9 Å². The molecule has 102 valence electrons. The van der Waals surface area contributed by atoms with Gasteiger partial charge in [-0.3, -0.25) is 4.90 Å². The molecule has 1 fully saturated rings. The lowest BCUT2D eigenvalue weighted by Crippen LogP contribution is -2.45. The predicted molar refractivity (Wildman–Crippen MR) is 76.4 cm³/mol. The van der Waals surface area contributed by atoms with Crippen molar-refractivity contribution >= 4 is 0 Å². The van der Waals surface area contributed by atoms with Crippen molar-refractivity contribution in [2.24, 2.45) is 5.92 Å². The highest BCUT2D eigenvalue weighted by molar-refractivity contribution is 4.90. The first-order chi connectivity index (χ1) is 7.80. The van der Waals surface area contributed by atoms with Crippen molar-refractivity contribution in [2.75, 3.05) is 19.6 Å². The van der Waals surface area contributed by atoms with E-state index in [4.69, 9.17) is 0 Å². The summed E-state index contributed by atoms with van der Waals surface area (Å²) in [6, 6.07) is 0. The van der Waals surface area contributed by atoms with Gasteiger partial charge in [0.2, 0.25) is 0 Å². The largest absolute Gasteiger partial charge is 0.312 e. The van der Waals surface area contributed by atoms with Crippen molar-refractivity contribution < 1.29 is 0 Å². The van der Waals surface area contributed by atoms with Crippen LogP contribution in [0, 0.1) is 5.92 Å². The van der Waals surface area contributed by atoms with E-state index in [2.05, 4.69) is 51.8 Å². The van der Waals surface area contributed by atoms with E-state index in [1.165, 1.54) is 38.9 Å². The van der Waals surface area contributed by atoms with Crippen LogP contribution in [-0.2, 0) is 0 Å². The minimum absolute atomic E-state index is 0.256. The quantitative estimate of drug-likeness (QED) is 0.793. The third kappa shape index (κ3) is 4.26. The molecule has 1 rings (SSSR count). The van der Waals surface area contributed by atoms with Crippen molar-refractivity contribution in [3.05, 3.63) is 0 Å². The molecule has 1 atom stereocenters. The molecule has 1 saturated heterocycles. The van der Waals surface area contributed by atoms with Gasteiger partial charge in [-0.1, -0.05) is 13.8 Å². The van der Waals surface area contributed by atoms with Crippen molar-refractivity contribution in [3.8, 4) is 0 Å². The topological polar surface area (TPSA) is 15.3 Å². The van der Waals surface area contributed by atoms with Crippen molar-refractivity contribution in [3.63, 3.8) is 0 Å². The van der Waals surface area contributed by atoms with Gasteiger partial charge in [-0.15, -0.1) is 0 Å². The van der Waals surface area contributed by atoms with Crippen LogP contribution in [0.1, 0.15) is 60.8 Å². The smallest absolute Gasteiger partial charge is 0.0176 e. The maximum atomic E-state index is 3.65. The van der Waals surface area contributed by atoms with Crippen LogP contribution in [0.5, 0.6) is 0 Å². The number of hydrogen-bond acceptors (Lipinski definition) is 2. The Balaban J connectivity index is 2.42. The summed E-state index contributed by atoms with van der Waals surface area (Å²) < 4.78 is 0. The molecule has 2 nitrogen and oxygen atoms in total. The molecule has 0 spiro atoms. The molecule has 0 amide bonds. The van der Waals surface area contributed by atoms with Crippen LogP contribution in [0.3, 0.4) is 0 Å². The summed E-state index contributed by atoms with van der Waals surface area (Å²) in [4.78, 5) is 2.71. The Hall–Kier alpha value is -0.0800. The SMILES string of the molecule is CCC(C)(CC)N1CCC(CNC(C)(C)C)C1. The van der Waals surface area contributed by atoms with Gasteiger partial charge in [-0.25, -0.2) is 0 Å². The number of nitrogens with zero attached hydrogens (tertiary/aromatic N) is 1. The van der Waals surface area contributed by atoms with E-state index >= 15 is 0 Å². The number of likely N-dealkylation sites (tertiary alicyclic amines) is 1. The fraction of sp³-hybridized carbons (Fsp3) is 1.00. The van der Waals surface area contributed by atoms with Crippen LogP contribution < -0.4 is 5.32 Å². The predicted octanol–water partition coefficient (Wildman–Crippen LogP) is 3.28. The first kappa shape index (κ1) is 15.0. The standard InChI is InChI=1S/C15H32N2/c1-7-15(6,8-2)17-10-9-13(12-17)11-16-14(3,4)5/h13,16H,7-12H2,1-6H3. The molecule has 1 aliphatic heterocycles. The second-order valence-electron chi connectivity index (χ2n) is 6.94. The monoisotopic (exact) mass is 240 g/mol. The van der Waals surface area contributed by atoms with Gasteiger partial charge >= 0.3 is 0 Å². The normalized spacial score (nSPS) is 23.3. The summed E-state index contributed by atoms with van der Waals surface area (Å²) in [7, 11) is 0. The van der Waals surface area contributed by atoms with Crippen LogP contribution >= 0.6 is 0 Å². The Labute approximate surface area is 108 Å². The molecule has 2 heteroatoms. The van der Waals surface area contributed by atoms with Gasteiger partial charge in [0.15, 0.2) is 0 Å². The molecule has 17 heavy (non-hydrogen) atoms. The molecular formula is C15H32N2. The van der Waals surface area contributed by atoms with Crippen LogP contribution in [0.25, 0.3) is 0 Å². The van der Waals surface area contributed by atoms with E-state index in [-0.39, 0.29) is 5.54 Å². The number of hydrogen-bond donors (Lipinski definition) is 1. The van der Waals surface area contributed by atoms with Gasteiger partial charge in [0.05, 0.1) is 0 Å². The fourth-order valence-electron chi connectivity index (χ4n) is 2.64. The minimum Gasteiger partial charge on any atom is -0.312 e. The summed E-state index contributed by atoms with van der Waals surface area (Å²) in [5.74, 6) is 0.839.